The largest absolute Gasteiger partial charge is 0.497 e. The lowest BCUT2D eigenvalue weighted by Gasteiger charge is -2.07. The lowest BCUT2D eigenvalue weighted by molar-refractivity contribution is 0.415. The average molecular weight is 264 g/mol. The van der Waals surface area contributed by atoms with Crippen molar-refractivity contribution in [3.63, 3.8) is 0 Å². The minimum atomic E-state index is 0.853. The second-order valence-corrected chi connectivity index (χ2v) is 4.62. The molecule has 100 valence electrons. The van der Waals surface area contributed by atoms with E-state index in [-0.39, 0.29) is 0 Å². The molecule has 2 aromatic carbocycles. The summed E-state index contributed by atoms with van der Waals surface area (Å²) in [5.74, 6) is 1.80. The molecule has 3 nitrogen and oxygen atoms in total. The van der Waals surface area contributed by atoms with E-state index in [0.29, 0.717) is 0 Å². The van der Waals surface area contributed by atoms with Gasteiger partial charge < -0.3 is 9.30 Å². The van der Waals surface area contributed by atoms with Crippen molar-refractivity contribution >= 4 is 0 Å². The van der Waals surface area contributed by atoms with Crippen molar-refractivity contribution in [1.29, 1.82) is 0 Å². The number of hydrogen-bond acceptors (Lipinski definition) is 2. The number of nitrogens with zero attached hydrogens (tertiary/aromatic N) is 2. The summed E-state index contributed by atoms with van der Waals surface area (Å²) in [6.45, 7) is 0. The van der Waals surface area contributed by atoms with Crippen molar-refractivity contribution < 1.29 is 4.74 Å². The van der Waals surface area contributed by atoms with Gasteiger partial charge in [-0.3, -0.25) is 0 Å². The van der Waals surface area contributed by atoms with Crippen LogP contribution in [0.4, 0.5) is 0 Å². The molecule has 0 spiro atoms. The maximum Gasteiger partial charge on any atom is 0.140 e. The smallest absolute Gasteiger partial charge is 0.140 e. The number of aromatic nitrogens is 2. The van der Waals surface area contributed by atoms with Crippen molar-refractivity contribution in [1.82, 2.24) is 9.55 Å². The number of hydrogen-bond donors (Lipinski definition) is 0. The van der Waals surface area contributed by atoms with Crippen molar-refractivity contribution in [2.24, 2.45) is 7.05 Å². The molecular formula is C17H16N2O. The van der Waals surface area contributed by atoms with Crippen LogP contribution in [0.1, 0.15) is 0 Å². The molecule has 0 aliphatic carbocycles. The van der Waals surface area contributed by atoms with Gasteiger partial charge in [-0.15, -0.1) is 0 Å². The quantitative estimate of drug-likeness (QED) is 0.720. The van der Waals surface area contributed by atoms with E-state index < -0.39 is 0 Å². The zero-order valence-electron chi connectivity index (χ0n) is 11.6. The Morgan fingerprint density at radius 1 is 0.900 bits per heavy atom. The molecule has 1 aromatic heterocycles. The Morgan fingerprint density at radius 2 is 1.60 bits per heavy atom. The molecule has 0 radical (unpaired) electrons. The molecule has 0 atom stereocenters. The summed E-state index contributed by atoms with van der Waals surface area (Å²) >= 11 is 0. The van der Waals surface area contributed by atoms with Crippen LogP contribution in [0.5, 0.6) is 5.75 Å². The molecule has 3 rings (SSSR count). The first kappa shape index (κ1) is 12.5. The first-order valence-electron chi connectivity index (χ1n) is 6.51. The number of benzene rings is 2. The van der Waals surface area contributed by atoms with E-state index >= 15 is 0 Å². The third-order valence-electron chi connectivity index (χ3n) is 3.41. The van der Waals surface area contributed by atoms with E-state index in [2.05, 4.69) is 21.7 Å². The molecule has 0 amide bonds. The zero-order valence-corrected chi connectivity index (χ0v) is 11.6. The monoisotopic (exact) mass is 264 g/mol. The number of rotatable bonds is 3. The molecule has 0 aliphatic heterocycles. The molecule has 0 N–H and O–H groups in total. The number of methoxy groups -OCH3 is 1. The molecule has 3 heteroatoms. The van der Waals surface area contributed by atoms with Crippen molar-refractivity contribution in [3.05, 3.63) is 60.8 Å². The highest BCUT2D eigenvalue weighted by Crippen LogP contribution is 2.26. The summed E-state index contributed by atoms with van der Waals surface area (Å²) in [5.41, 5.74) is 3.36. The molecule has 0 saturated heterocycles. The van der Waals surface area contributed by atoms with Gasteiger partial charge in [-0.25, -0.2) is 4.98 Å². The molecular weight excluding hydrogens is 248 g/mol. The van der Waals surface area contributed by atoms with Gasteiger partial charge in [-0.1, -0.05) is 30.3 Å². The Labute approximate surface area is 118 Å². The predicted octanol–water partition coefficient (Wildman–Crippen LogP) is 3.76. The van der Waals surface area contributed by atoms with Gasteiger partial charge >= 0.3 is 0 Å². The van der Waals surface area contributed by atoms with Gasteiger partial charge in [0, 0.05) is 12.6 Å². The zero-order chi connectivity index (χ0) is 13.9. The maximum absolute atomic E-state index is 5.18. The van der Waals surface area contributed by atoms with Crippen LogP contribution in [-0.2, 0) is 7.05 Å². The highest BCUT2D eigenvalue weighted by molar-refractivity contribution is 5.66. The maximum atomic E-state index is 5.18. The molecule has 0 saturated carbocycles. The molecule has 0 fully saturated rings. The van der Waals surface area contributed by atoms with Crippen molar-refractivity contribution in [2.75, 3.05) is 7.11 Å². The van der Waals surface area contributed by atoms with Gasteiger partial charge in [-0.05, 0) is 29.8 Å². The van der Waals surface area contributed by atoms with E-state index in [9.17, 15) is 0 Å². The third-order valence-corrected chi connectivity index (χ3v) is 3.41. The summed E-state index contributed by atoms with van der Waals surface area (Å²) in [6.07, 6.45) is 1.91. The van der Waals surface area contributed by atoms with Crippen LogP contribution in [0.15, 0.2) is 60.8 Å². The fraction of sp³-hybridized carbons (Fsp3) is 0.118. The summed E-state index contributed by atoms with van der Waals surface area (Å²) in [5, 5.41) is 0. The van der Waals surface area contributed by atoms with Crippen LogP contribution < -0.4 is 4.74 Å². The summed E-state index contributed by atoms with van der Waals surface area (Å²) in [4.78, 5) is 4.54. The second kappa shape index (κ2) is 5.21. The van der Waals surface area contributed by atoms with E-state index in [1.807, 2.05) is 55.7 Å². The molecule has 0 aliphatic rings. The van der Waals surface area contributed by atoms with Gasteiger partial charge in [0.05, 0.1) is 19.0 Å². The SMILES string of the molecule is COc1ccc(-c2ncc(-c3ccccc3)n2C)cc1. The number of imidazole rings is 1. The highest BCUT2D eigenvalue weighted by atomic mass is 16.5. The topological polar surface area (TPSA) is 27.1 Å². The molecule has 1 heterocycles. The summed E-state index contributed by atoms with van der Waals surface area (Å²) < 4.78 is 7.29. The summed E-state index contributed by atoms with van der Waals surface area (Å²) in [6, 6.07) is 18.2. The van der Waals surface area contributed by atoms with E-state index in [1.165, 1.54) is 5.56 Å². The van der Waals surface area contributed by atoms with Crippen molar-refractivity contribution in [3.8, 4) is 28.4 Å². The Hall–Kier alpha value is -2.55. The van der Waals surface area contributed by atoms with Crippen LogP contribution in [0.25, 0.3) is 22.6 Å². The normalized spacial score (nSPS) is 10.5. The van der Waals surface area contributed by atoms with Crippen LogP contribution >= 0.6 is 0 Å². The molecule has 0 bridgehead atoms. The van der Waals surface area contributed by atoms with Gasteiger partial charge in [-0.2, -0.15) is 0 Å². The molecule has 3 aromatic rings. The Balaban J connectivity index is 2.01. The Bertz CT molecular complexity index is 700. The van der Waals surface area contributed by atoms with Gasteiger partial charge in [0.2, 0.25) is 0 Å². The van der Waals surface area contributed by atoms with E-state index in [4.69, 9.17) is 4.74 Å². The third kappa shape index (κ3) is 2.18. The number of ether oxygens (including phenoxy) is 1. The van der Waals surface area contributed by atoms with Crippen molar-refractivity contribution in [2.45, 2.75) is 0 Å². The second-order valence-electron chi connectivity index (χ2n) is 4.62. The average Bonchev–Trinajstić information content (AvgIpc) is 2.90. The van der Waals surface area contributed by atoms with E-state index in [1.54, 1.807) is 7.11 Å². The van der Waals surface area contributed by atoms with Gasteiger partial charge in [0.1, 0.15) is 11.6 Å². The summed E-state index contributed by atoms with van der Waals surface area (Å²) in [7, 11) is 3.71. The minimum absolute atomic E-state index is 0.853. The first-order chi connectivity index (χ1) is 9.79. The lowest BCUT2D eigenvalue weighted by Crippen LogP contribution is -1.95. The van der Waals surface area contributed by atoms with Crippen LogP contribution in [-0.4, -0.2) is 16.7 Å². The predicted molar refractivity (Wildman–Crippen MR) is 80.6 cm³/mol. The minimum Gasteiger partial charge on any atom is -0.497 e. The lowest BCUT2D eigenvalue weighted by atomic mass is 10.1. The van der Waals surface area contributed by atoms with Gasteiger partial charge in [0.15, 0.2) is 0 Å². The Morgan fingerprint density at radius 3 is 2.25 bits per heavy atom. The fourth-order valence-corrected chi connectivity index (χ4v) is 2.29. The van der Waals surface area contributed by atoms with Crippen LogP contribution in [0, 0.1) is 0 Å². The first-order valence-corrected chi connectivity index (χ1v) is 6.51. The van der Waals surface area contributed by atoms with E-state index in [0.717, 1.165) is 22.8 Å². The fourth-order valence-electron chi connectivity index (χ4n) is 2.29. The molecule has 20 heavy (non-hydrogen) atoms. The van der Waals surface area contributed by atoms with Crippen LogP contribution in [0.2, 0.25) is 0 Å². The van der Waals surface area contributed by atoms with Crippen LogP contribution in [0.3, 0.4) is 0 Å². The standard InChI is InChI=1S/C17H16N2O/c1-19-16(13-6-4-3-5-7-13)12-18-17(19)14-8-10-15(20-2)11-9-14/h3-12H,1-2H3. The highest BCUT2D eigenvalue weighted by Gasteiger charge is 2.10. The Kier molecular flexibility index (Phi) is 3.25. The van der Waals surface area contributed by atoms with Gasteiger partial charge in [0.25, 0.3) is 0 Å². The molecule has 0 unspecified atom stereocenters.